The van der Waals surface area contributed by atoms with Crippen molar-refractivity contribution in [2.75, 3.05) is 0 Å². The van der Waals surface area contributed by atoms with Crippen molar-refractivity contribution in [2.45, 2.75) is 39.1 Å². The molecule has 0 saturated heterocycles. The molecule has 0 radical (unpaired) electrons. The first kappa shape index (κ1) is 17.7. The van der Waals surface area contributed by atoms with Gasteiger partial charge in [0.15, 0.2) is 0 Å². The summed E-state index contributed by atoms with van der Waals surface area (Å²) in [6.45, 7) is 3.26. The number of aliphatic hydroxyl groups is 3. The molecule has 3 atom stereocenters. The second-order valence-corrected chi connectivity index (χ2v) is 4.48. The third kappa shape index (κ3) is 7.02. The van der Waals surface area contributed by atoms with Gasteiger partial charge in [0.05, 0.1) is 0 Å². The Morgan fingerprint density at radius 3 is 1.11 bits per heavy atom. The quantitative estimate of drug-likeness (QED) is 0.526. The minimum atomic E-state index is -2.80. The Bertz CT molecular complexity index is 286. The first-order chi connectivity index (χ1) is 8.65. The van der Waals surface area contributed by atoms with Gasteiger partial charge in [-0.1, -0.05) is 0 Å². The van der Waals surface area contributed by atoms with Gasteiger partial charge in [-0.15, -0.1) is 0 Å². The van der Waals surface area contributed by atoms with Crippen LogP contribution >= 0.6 is 8.60 Å². The van der Waals surface area contributed by atoms with Crippen LogP contribution in [-0.4, -0.2) is 51.5 Å². The molecule has 0 aliphatic carbocycles. The minimum absolute atomic E-state index is 1.09. The average Bonchev–Trinajstić information content (AvgIpc) is 2.27. The zero-order valence-corrected chi connectivity index (χ0v) is 11.4. The Balaban J connectivity index is 4.68. The molecule has 3 N–H and O–H groups in total. The van der Waals surface area contributed by atoms with Crippen molar-refractivity contribution < 1.29 is 43.3 Å². The van der Waals surface area contributed by atoms with Crippen molar-refractivity contribution in [3.05, 3.63) is 0 Å². The van der Waals surface area contributed by atoms with Crippen LogP contribution in [0.3, 0.4) is 0 Å². The van der Waals surface area contributed by atoms with Crippen molar-refractivity contribution in [3.63, 3.8) is 0 Å². The minimum Gasteiger partial charge on any atom is -0.382 e. The molecule has 10 heteroatoms. The van der Waals surface area contributed by atoms with E-state index in [1.54, 1.807) is 0 Å². The zero-order valence-electron chi connectivity index (χ0n) is 10.5. The predicted octanol–water partition coefficient (Wildman–Crippen LogP) is -1.01. The molecule has 0 aromatic heterocycles. The smallest absolute Gasteiger partial charge is 0.382 e. The van der Waals surface area contributed by atoms with Gasteiger partial charge in [-0.3, -0.25) is 0 Å². The van der Waals surface area contributed by atoms with Crippen LogP contribution in [0.4, 0.5) is 0 Å². The van der Waals surface area contributed by atoms with Gasteiger partial charge in [0, 0.05) is 0 Å². The van der Waals surface area contributed by atoms with E-state index in [2.05, 4.69) is 13.6 Å². The summed E-state index contributed by atoms with van der Waals surface area (Å²) in [6, 6.07) is 0. The van der Waals surface area contributed by atoms with E-state index >= 15 is 0 Å². The molecule has 0 bridgehead atoms. The molecular weight excluding hydrogens is 283 g/mol. The predicted molar refractivity (Wildman–Crippen MR) is 60.2 cm³/mol. The van der Waals surface area contributed by atoms with E-state index in [9.17, 15) is 14.4 Å². The molecule has 0 aliphatic rings. The number of aliphatic hydroxyl groups excluding tert-OH is 3. The molecule has 0 unspecified atom stereocenters. The van der Waals surface area contributed by atoms with E-state index in [1.165, 1.54) is 0 Å². The fourth-order valence-corrected chi connectivity index (χ4v) is 1.52. The fraction of sp³-hybridized carbons (Fsp3) is 0.667. The van der Waals surface area contributed by atoms with Gasteiger partial charge in [-0.25, -0.2) is 14.4 Å². The lowest BCUT2D eigenvalue weighted by molar-refractivity contribution is -0.151. The van der Waals surface area contributed by atoms with Crippen molar-refractivity contribution in [2.24, 2.45) is 0 Å². The van der Waals surface area contributed by atoms with Crippen LogP contribution < -0.4 is 0 Å². The van der Waals surface area contributed by atoms with Crippen LogP contribution in [0.5, 0.6) is 0 Å². The van der Waals surface area contributed by atoms with Crippen molar-refractivity contribution >= 4 is 26.5 Å². The number of hydrogen-bond acceptors (Lipinski definition) is 9. The van der Waals surface area contributed by atoms with Gasteiger partial charge in [-0.05, 0) is 20.8 Å². The maximum Gasteiger partial charge on any atom is 0.537 e. The molecule has 110 valence electrons. The average molecular weight is 298 g/mol. The lowest BCUT2D eigenvalue weighted by Gasteiger charge is -2.16. The molecule has 0 aromatic rings. The van der Waals surface area contributed by atoms with Crippen LogP contribution in [0.25, 0.3) is 0 Å². The highest BCUT2D eigenvalue weighted by molar-refractivity contribution is 7.43. The van der Waals surface area contributed by atoms with Crippen molar-refractivity contribution in [3.8, 4) is 0 Å². The fourth-order valence-electron chi connectivity index (χ4n) is 0.505. The lowest BCUT2D eigenvalue weighted by atomic mass is 10.4. The third-order valence-corrected chi connectivity index (χ3v) is 2.50. The molecule has 0 rings (SSSR count). The van der Waals surface area contributed by atoms with Crippen LogP contribution in [0, 0.1) is 0 Å². The summed E-state index contributed by atoms with van der Waals surface area (Å²) >= 11 is 0. The molecule has 19 heavy (non-hydrogen) atoms. The molecule has 0 aromatic carbocycles. The van der Waals surface area contributed by atoms with Crippen molar-refractivity contribution in [1.82, 2.24) is 0 Å². The normalized spacial score (nSPS) is 15.3. The Morgan fingerprint density at radius 2 is 0.947 bits per heavy atom. The van der Waals surface area contributed by atoms with E-state index < -0.39 is 44.8 Å². The molecule has 0 heterocycles. The standard InChI is InChI=1S/C9H15O9P/c1-4(10)7(13)16-19(17-8(14)5(2)11)18-9(15)6(3)12/h4-6,10-12H,1-3H3/t4-,5-,6-/m0/s1. The summed E-state index contributed by atoms with van der Waals surface area (Å²) in [5.41, 5.74) is 0. The summed E-state index contributed by atoms with van der Waals surface area (Å²) < 4.78 is 13.3. The highest BCUT2D eigenvalue weighted by atomic mass is 31.2. The second kappa shape index (κ2) is 8.00. The number of rotatable bonds is 6. The Hall–Kier alpha value is -1.28. The monoisotopic (exact) mass is 298 g/mol. The SMILES string of the molecule is C[C@H](O)C(=O)OP(OC(=O)[C@H](C)O)OC(=O)[C@H](C)O. The summed E-state index contributed by atoms with van der Waals surface area (Å²) in [4.78, 5) is 33.3. The summed E-state index contributed by atoms with van der Waals surface area (Å²) in [6.07, 6.45) is -4.58. The highest BCUT2D eigenvalue weighted by Crippen LogP contribution is 2.41. The number of carbonyl (C=O) groups excluding carboxylic acids is 3. The Kier molecular flexibility index (Phi) is 7.47. The first-order valence-corrected chi connectivity index (χ1v) is 6.24. The highest BCUT2D eigenvalue weighted by Gasteiger charge is 2.31. The van der Waals surface area contributed by atoms with Gasteiger partial charge < -0.3 is 28.9 Å². The maximum atomic E-state index is 11.1. The summed E-state index contributed by atoms with van der Waals surface area (Å²) in [7, 11) is -2.80. The molecule has 9 nitrogen and oxygen atoms in total. The molecule has 0 aliphatic heterocycles. The van der Waals surface area contributed by atoms with E-state index in [-0.39, 0.29) is 0 Å². The van der Waals surface area contributed by atoms with Gasteiger partial charge in [0.1, 0.15) is 18.3 Å². The van der Waals surface area contributed by atoms with Crippen LogP contribution in [0.1, 0.15) is 20.8 Å². The summed E-state index contributed by atoms with van der Waals surface area (Å²) in [5, 5.41) is 26.7. The molecule has 0 amide bonds. The van der Waals surface area contributed by atoms with Gasteiger partial charge in [0.2, 0.25) is 0 Å². The van der Waals surface area contributed by atoms with E-state index in [0.29, 0.717) is 0 Å². The van der Waals surface area contributed by atoms with Gasteiger partial charge in [0.25, 0.3) is 0 Å². The van der Waals surface area contributed by atoms with E-state index in [4.69, 9.17) is 15.3 Å². The summed E-state index contributed by atoms with van der Waals surface area (Å²) in [5.74, 6) is -3.58. The maximum absolute atomic E-state index is 11.1. The number of hydrogen-bond donors (Lipinski definition) is 3. The largest absolute Gasteiger partial charge is 0.537 e. The lowest BCUT2D eigenvalue weighted by Crippen LogP contribution is -2.24. The van der Waals surface area contributed by atoms with Gasteiger partial charge in [-0.2, -0.15) is 0 Å². The van der Waals surface area contributed by atoms with Crippen LogP contribution in [0.2, 0.25) is 0 Å². The number of carbonyl (C=O) groups is 3. The first-order valence-electron chi connectivity index (χ1n) is 5.15. The van der Waals surface area contributed by atoms with Crippen LogP contribution in [-0.2, 0) is 28.0 Å². The zero-order chi connectivity index (χ0) is 15.2. The molecular formula is C9H15O9P. The van der Waals surface area contributed by atoms with Crippen molar-refractivity contribution in [1.29, 1.82) is 0 Å². The van der Waals surface area contributed by atoms with Crippen LogP contribution in [0.15, 0.2) is 0 Å². The van der Waals surface area contributed by atoms with Gasteiger partial charge >= 0.3 is 26.5 Å². The Morgan fingerprint density at radius 1 is 0.737 bits per heavy atom. The molecule has 0 fully saturated rings. The Labute approximate surface area is 110 Å². The van der Waals surface area contributed by atoms with E-state index in [0.717, 1.165) is 20.8 Å². The van der Waals surface area contributed by atoms with E-state index in [1.807, 2.05) is 0 Å². The topological polar surface area (TPSA) is 140 Å². The molecule has 0 saturated carbocycles. The molecule has 0 spiro atoms. The second-order valence-electron chi connectivity index (χ2n) is 3.48. The third-order valence-electron chi connectivity index (χ3n) is 1.52.